The molecule has 1 aromatic heterocycles. The highest BCUT2D eigenvalue weighted by Gasteiger charge is 2.11. The summed E-state index contributed by atoms with van der Waals surface area (Å²) in [6, 6.07) is 14.5. The standard InChI is InChI=1S/C17H12FN3/c1-11-6-7-16(14(18)8-11)21-17-12(9-19)10-20-15-5-3-2-4-13(15)17/h2-8,10H,1H3,(H,20,21). The van der Waals surface area contributed by atoms with Crippen molar-refractivity contribution in [1.82, 2.24) is 4.98 Å². The fourth-order valence-corrected chi connectivity index (χ4v) is 2.22. The molecular formula is C17H12FN3. The van der Waals surface area contributed by atoms with Gasteiger partial charge in [0.1, 0.15) is 11.9 Å². The number of para-hydroxylation sites is 1. The minimum atomic E-state index is -0.347. The smallest absolute Gasteiger partial charge is 0.146 e. The summed E-state index contributed by atoms with van der Waals surface area (Å²) in [6.45, 7) is 1.83. The van der Waals surface area contributed by atoms with Crippen LogP contribution in [-0.4, -0.2) is 4.98 Å². The summed E-state index contributed by atoms with van der Waals surface area (Å²) in [4.78, 5) is 4.23. The second-order valence-electron chi connectivity index (χ2n) is 4.78. The summed E-state index contributed by atoms with van der Waals surface area (Å²) in [6.07, 6.45) is 1.50. The lowest BCUT2D eigenvalue weighted by Crippen LogP contribution is -1.99. The lowest BCUT2D eigenvalue weighted by atomic mass is 10.1. The molecule has 2 aromatic carbocycles. The molecule has 0 saturated carbocycles. The molecule has 1 N–H and O–H groups in total. The molecule has 3 aromatic rings. The topological polar surface area (TPSA) is 48.7 Å². The van der Waals surface area contributed by atoms with E-state index in [2.05, 4.69) is 16.4 Å². The van der Waals surface area contributed by atoms with Gasteiger partial charge in [-0.3, -0.25) is 4.98 Å². The van der Waals surface area contributed by atoms with Crippen molar-refractivity contribution in [3.63, 3.8) is 0 Å². The Kier molecular flexibility index (Phi) is 3.25. The zero-order valence-electron chi connectivity index (χ0n) is 11.4. The third-order valence-corrected chi connectivity index (χ3v) is 3.28. The van der Waals surface area contributed by atoms with E-state index in [0.717, 1.165) is 16.5 Å². The quantitative estimate of drug-likeness (QED) is 0.759. The number of aryl methyl sites for hydroxylation is 1. The van der Waals surface area contributed by atoms with Crippen LogP contribution >= 0.6 is 0 Å². The van der Waals surface area contributed by atoms with E-state index in [-0.39, 0.29) is 5.82 Å². The number of hydrogen-bond donors (Lipinski definition) is 1. The molecule has 3 nitrogen and oxygen atoms in total. The molecule has 0 bridgehead atoms. The number of pyridine rings is 1. The molecule has 0 atom stereocenters. The zero-order valence-corrected chi connectivity index (χ0v) is 11.4. The van der Waals surface area contributed by atoms with Crippen molar-refractivity contribution in [3.8, 4) is 6.07 Å². The number of anilines is 2. The number of rotatable bonds is 2. The number of nitrogens with zero attached hydrogens (tertiary/aromatic N) is 2. The van der Waals surface area contributed by atoms with Crippen molar-refractivity contribution in [1.29, 1.82) is 5.26 Å². The van der Waals surface area contributed by atoms with Crippen LogP contribution in [0.5, 0.6) is 0 Å². The van der Waals surface area contributed by atoms with Crippen molar-refractivity contribution in [2.45, 2.75) is 6.92 Å². The maximum absolute atomic E-state index is 14.0. The van der Waals surface area contributed by atoms with E-state index in [1.807, 2.05) is 37.3 Å². The van der Waals surface area contributed by atoms with E-state index in [4.69, 9.17) is 0 Å². The molecule has 0 saturated heterocycles. The van der Waals surface area contributed by atoms with Crippen LogP contribution in [0, 0.1) is 24.1 Å². The molecule has 0 amide bonds. The molecule has 0 unspecified atom stereocenters. The average Bonchev–Trinajstić information content (AvgIpc) is 2.50. The van der Waals surface area contributed by atoms with Crippen LogP contribution in [0.25, 0.3) is 10.9 Å². The van der Waals surface area contributed by atoms with Gasteiger partial charge in [-0.1, -0.05) is 24.3 Å². The number of nitrogens with one attached hydrogen (secondary N) is 1. The maximum atomic E-state index is 14.0. The minimum Gasteiger partial charge on any atom is -0.351 e. The van der Waals surface area contributed by atoms with Crippen LogP contribution in [0.3, 0.4) is 0 Å². The van der Waals surface area contributed by atoms with E-state index < -0.39 is 0 Å². The Morgan fingerprint density at radius 3 is 2.76 bits per heavy atom. The van der Waals surface area contributed by atoms with Gasteiger partial charge in [-0.25, -0.2) is 4.39 Å². The Morgan fingerprint density at radius 2 is 2.00 bits per heavy atom. The van der Waals surface area contributed by atoms with Gasteiger partial charge in [0.2, 0.25) is 0 Å². The third-order valence-electron chi connectivity index (χ3n) is 3.28. The first-order valence-electron chi connectivity index (χ1n) is 6.50. The van der Waals surface area contributed by atoms with Gasteiger partial charge in [0.15, 0.2) is 0 Å². The summed E-state index contributed by atoms with van der Waals surface area (Å²) < 4.78 is 14.0. The number of benzene rings is 2. The summed E-state index contributed by atoms with van der Waals surface area (Å²) >= 11 is 0. The van der Waals surface area contributed by atoms with Crippen molar-refractivity contribution in [2.75, 3.05) is 5.32 Å². The van der Waals surface area contributed by atoms with Gasteiger partial charge in [-0.2, -0.15) is 5.26 Å². The van der Waals surface area contributed by atoms with Gasteiger partial charge in [-0.05, 0) is 30.7 Å². The van der Waals surface area contributed by atoms with Gasteiger partial charge in [0, 0.05) is 11.6 Å². The minimum absolute atomic E-state index is 0.341. The van der Waals surface area contributed by atoms with E-state index in [1.165, 1.54) is 12.3 Å². The van der Waals surface area contributed by atoms with Gasteiger partial charge in [0.25, 0.3) is 0 Å². The fourth-order valence-electron chi connectivity index (χ4n) is 2.22. The summed E-state index contributed by atoms with van der Waals surface area (Å²) in [5.74, 6) is -0.347. The second kappa shape index (κ2) is 5.22. The Bertz CT molecular complexity index is 866. The monoisotopic (exact) mass is 277 g/mol. The number of fused-ring (bicyclic) bond motifs is 1. The first-order chi connectivity index (χ1) is 10.2. The van der Waals surface area contributed by atoms with Crippen LogP contribution in [0.1, 0.15) is 11.1 Å². The molecule has 3 rings (SSSR count). The zero-order chi connectivity index (χ0) is 14.8. The van der Waals surface area contributed by atoms with Crippen LogP contribution in [0.4, 0.5) is 15.8 Å². The highest BCUT2D eigenvalue weighted by Crippen LogP contribution is 2.29. The highest BCUT2D eigenvalue weighted by atomic mass is 19.1. The van der Waals surface area contributed by atoms with Gasteiger partial charge >= 0.3 is 0 Å². The third kappa shape index (κ3) is 2.41. The Labute approximate surface area is 121 Å². The maximum Gasteiger partial charge on any atom is 0.146 e. The van der Waals surface area contributed by atoms with Crippen molar-refractivity contribution >= 4 is 22.3 Å². The number of hydrogen-bond acceptors (Lipinski definition) is 3. The van der Waals surface area contributed by atoms with E-state index >= 15 is 0 Å². The molecule has 0 aliphatic heterocycles. The number of halogens is 1. The predicted octanol–water partition coefficient (Wildman–Crippen LogP) is 4.30. The molecule has 0 spiro atoms. The highest BCUT2D eigenvalue weighted by molar-refractivity contribution is 5.95. The van der Waals surface area contributed by atoms with E-state index in [1.54, 1.807) is 6.07 Å². The van der Waals surface area contributed by atoms with Crippen LogP contribution in [0.2, 0.25) is 0 Å². The molecule has 0 fully saturated rings. The molecular weight excluding hydrogens is 265 g/mol. The summed E-state index contributed by atoms with van der Waals surface area (Å²) in [5.41, 5.74) is 2.90. The van der Waals surface area contributed by atoms with Gasteiger partial charge < -0.3 is 5.32 Å². The van der Waals surface area contributed by atoms with Crippen molar-refractivity contribution < 1.29 is 4.39 Å². The molecule has 4 heteroatoms. The van der Waals surface area contributed by atoms with E-state index in [0.29, 0.717) is 16.9 Å². The molecule has 102 valence electrons. The fraction of sp³-hybridized carbons (Fsp3) is 0.0588. The Morgan fingerprint density at radius 1 is 1.19 bits per heavy atom. The lowest BCUT2D eigenvalue weighted by molar-refractivity contribution is 0.631. The second-order valence-corrected chi connectivity index (χ2v) is 4.78. The molecule has 21 heavy (non-hydrogen) atoms. The molecule has 0 aliphatic carbocycles. The van der Waals surface area contributed by atoms with Gasteiger partial charge in [0.05, 0.1) is 22.5 Å². The molecule has 0 radical (unpaired) electrons. The Hall–Kier alpha value is -2.93. The lowest BCUT2D eigenvalue weighted by Gasteiger charge is -2.12. The van der Waals surface area contributed by atoms with E-state index in [9.17, 15) is 9.65 Å². The first-order valence-corrected chi connectivity index (χ1v) is 6.50. The van der Waals surface area contributed by atoms with Crippen molar-refractivity contribution in [2.24, 2.45) is 0 Å². The Balaban J connectivity index is 2.17. The van der Waals surface area contributed by atoms with Crippen molar-refractivity contribution in [3.05, 3.63) is 65.6 Å². The summed E-state index contributed by atoms with van der Waals surface area (Å²) in [5, 5.41) is 13.1. The van der Waals surface area contributed by atoms with Crippen LogP contribution < -0.4 is 5.32 Å². The number of aromatic nitrogens is 1. The largest absolute Gasteiger partial charge is 0.351 e. The first kappa shape index (κ1) is 13.1. The molecule has 1 heterocycles. The normalized spacial score (nSPS) is 10.3. The van der Waals surface area contributed by atoms with Crippen LogP contribution in [0.15, 0.2) is 48.7 Å². The predicted molar refractivity (Wildman–Crippen MR) is 80.9 cm³/mol. The average molecular weight is 277 g/mol. The van der Waals surface area contributed by atoms with Crippen LogP contribution in [-0.2, 0) is 0 Å². The van der Waals surface area contributed by atoms with Gasteiger partial charge in [-0.15, -0.1) is 0 Å². The molecule has 0 aliphatic rings. The number of nitriles is 1. The summed E-state index contributed by atoms with van der Waals surface area (Å²) in [7, 11) is 0. The SMILES string of the molecule is Cc1ccc(Nc2c(C#N)cnc3ccccc23)c(F)c1.